The second kappa shape index (κ2) is 10.8. The van der Waals surface area contributed by atoms with Crippen molar-refractivity contribution >= 4 is 17.8 Å². The summed E-state index contributed by atoms with van der Waals surface area (Å²) in [5, 5.41) is 16.8. The first-order valence-electron chi connectivity index (χ1n) is 11.4. The first-order valence-corrected chi connectivity index (χ1v) is 11.4. The monoisotopic (exact) mass is 462 g/mol. The van der Waals surface area contributed by atoms with Gasteiger partial charge in [-0.1, -0.05) is 49.4 Å². The lowest BCUT2D eigenvalue weighted by Gasteiger charge is -2.31. The molecule has 1 aromatic heterocycles. The first-order chi connectivity index (χ1) is 16.6. The molecule has 3 aromatic rings. The molecule has 1 saturated heterocycles. The van der Waals surface area contributed by atoms with Gasteiger partial charge in [-0.2, -0.15) is 5.10 Å². The fraction of sp³-hybridized carbons (Fsp3) is 0.320. The number of hydrogen-bond acceptors (Lipinski definition) is 5. The second-order valence-electron chi connectivity index (χ2n) is 8.15. The Balaban J connectivity index is 1.47. The van der Waals surface area contributed by atoms with Crippen LogP contribution in [0.3, 0.4) is 0 Å². The predicted molar refractivity (Wildman–Crippen MR) is 130 cm³/mol. The highest BCUT2D eigenvalue weighted by molar-refractivity contribution is 5.89. The Morgan fingerprint density at radius 1 is 1.18 bits per heavy atom. The van der Waals surface area contributed by atoms with Gasteiger partial charge in [-0.3, -0.25) is 15.4 Å². The van der Waals surface area contributed by atoms with Crippen LogP contribution in [0.4, 0.5) is 10.6 Å². The number of methoxy groups -OCH3 is 1. The summed E-state index contributed by atoms with van der Waals surface area (Å²) < 4.78 is 6.79. The second-order valence-corrected chi connectivity index (χ2v) is 8.15. The lowest BCUT2D eigenvalue weighted by Crippen LogP contribution is -2.53. The van der Waals surface area contributed by atoms with E-state index in [0.29, 0.717) is 30.9 Å². The number of anilines is 1. The van der Waals surface area contributed by atoms with Gasteiger partial charge in [-0.05, 0) is 30.5 Å². The zero-order chi connectivity index (χ0) is 23.9. The molecule has 1 aliphatic heterocycles. The third-order valence-electron chi connectivity index (χ3n) is 5.77. The maximum atomic E-state index is 12.7. The molecule has 0 bridgehead atoms. The maximum Gasteiger partial charge on any atom is 0.320 e. The molecule has 178 valence electrons. The van der Waals surface area contributed by atoms with Crippen molar-refractivity contribution < 1.29 is 14.3 Å². The molecule has 9 heteroatoms. The molecule has 9 nitrogen and oxygen atoms in total. The molecular weight excluding hydrogens is 432 g/mol. The van der Waals surface area contributed by atoms with Crippen LogP contribution in [0.15, 0.2) is 60.7 Å². The summed E-state index contributed by atoms with van der Waals surface area (Å²) in [5.41, 5.74) is 2.71. The Bertz CT molecular complexity index is 1110. The SMILES string of the molecule is CCC1CC(=O)NC(n2nc(-c3ccccc3)cc2NC(=O)NCCc2ccc(OC)cc2)N1. The highest BCUT2D eigenvalue weighted by Gasteiger charge is 2.28. The number of carbonyl (C=O) groups excluding carboxylic acids is 2. The molecule has 0 aliphatic carbocycles. The molecule has 2 aromatic carbocycles. The number of nitrogens with one attached hydrogen (secondary N) is 4. The zero-order valence-electron chi connectivity index (χ0n) is 19.4. The van der Waals surface area contributed by atoms with Crippen molar-refractivity contribution in [3.05, 3.63) is 66.2 Å². The van der Waals surface area contributed by atoms with Crippen LogP contribution < -0.4 is 26.0 Å². The summed E-state index contributed by atoms with van der Waals surface area (Å²) in [5.74, 6) is 1.23. The number of hydrogen-bond donors (Lipinski definition) is 4. The van der Waals surface area contributed by atoms with Crippen LogP contribution in [-0.4, -0.2) is 41.4 Å². The smallest absolute Gasteiger partial charge is 0.320 e. The number of benzene rings is 2. The number of nitrogens with zero attached hydrogens (tertiary/aromatic N) is 2. The fourth-order valence-electron chi connectivity index (χ4n) is 3.86. The van der Waals surface area contributed by atoms with E-state index in [4.69, 9.17) is 4.74 Å². The van der Waals surface area contributed by atoms with E-state index in [2.05, 4.69) is 26.4 Å². The largest absolute Gasteiger partial charge is 0.497 e. The minimum Gasteiger partial charge on any atom is -0.497 e. The van der Waals surface area contributed by atoms with Crippen LogP contribution in [0, 0.1) is 0 Å². The van der Waals surface area contributed by atoms with Crippen molar-refractivity contribution in [2.75, 3.05) is 19.0 Å². The molecule has 1 aliphatic rings. The number of urea groups is 1. The number of carbonyl (C=O) groups is 2. The van der Waals surface area contributed by atoms with E-state index in [1.165, 1.54) is 0 Å². The summed E-state index contributed by atoms with van der Waals surface area (Å²) in [6.07, 6.45) is 1.35. The molecule has 0 radical (unpaired) electrons. The Hall–Kier alpha value is -3.85. The van der Waals surface area contributed by atoms with Gasteiger partial charge in [-0.25, -0.2) is 9.48 Å². The van der Waals surface area contributed by atoms with Gasteiger partial charge in [0.15, 0.2) is 6.29 Å². The molecule has 34 heavy (non-hydrogen) atoms. The van der Waals surface area contributed by atoms with Crippen LogP contribution in [0.5, 0.6) is 5.75 Å². The number of rotatable bonds is 8. The van der Waals surface area contributed by atoms with Gasteiger partial charge in [0.1, 0.15) is 11.6 Å². The van der Waals surface area contributed by atoms with Crippen molar-refractivity contribution in [3.8, 4) is 17.0 Å². The molecule has 1 fully saturated rings. The van der Waals surface area contributed by atoms with E-state index in [-0.39, 0.29) is 18.0 Å². The summed E-state index contributed by atoms with van der Waals surface area (Å²) in [4.78, 5) is 24.9. The van der Waals surface area contributed by atoms with Crippen molar-refractivity contribution in [3.63, 3.8) is 0 Å². The van der Waals surface area contributed by atoms with Crippen LogP contribution in [0.2, 0.25) is 0 Å². The van der Waals surface area contributed by atoms with Crippen LogP contribution in [0.25, 0.3) is 11.3 Å². The van der Waals surface area contributed by atoms with E-state index >= 15 is 0 Å². The van der Waals surface area contributed by atoms with Gasteiger partial charge in [0.2, 0.25) is 5.91 Å². The molecule has 0 spiro atoms. The Labute approximate surface area is 198 Å². The van der Waals surface area contributed by atoms with E-state index in [1.54, 1.807) is 11.8 Å². The minimum absolute atomic E-state index is 0.0364. The van der Waals surface area contributed by atoms with Gasteiger partial charge in [0.25, 0.3) is 0 Å². The highest BCUT2D eigenvalue weighted by Crippen LogP contribution is 2.25. The van der Waals surface area contributed by atoms with Crippen LogP contribution in [0.1, 0.15) is 31.6 Å². The Morgan fingerprint density at radius 3 is 2.65 bits per heavy atom. The van der Waals surface area contributed by atoms with Gasteiger partial charge < -0.3 is 15.4 Å². The highest BCUT2D eigenvalue weighted by atomic mass is 16.5. The van der Waals surface area contributed by atoms with E-state index < -0.39 is 6.29 Å². The van der Waals surface area contributed by atoms with Crippen molar-refractivity contribution in [1.29, 1.82) is 0 Å². The quantitative estimate of drug-likeness (QED) is 0.411. The van der Waals surface area contributed by atoms with E-state index in [0.717, 1.165) is 23.3 Å². The molecule has 4 N–H and O–H groups in total. The molecule has 3 amide bonds. The third kappa shape index (κ3) is 5.74. The average Bonchev–Trinajstić information content (AvgIpc) is 3.28. The van der Waals surface area contributed by atoms with Crippen molar-refractivity contribution in [2.24, 2.45) is 0 Å². The third-order valence-corrected chi connectivity index (χ3v) is 5.77. The standard InChI is InChI=1S/C25H30N6O3/c1-3-19-15-23(32)29-24(27-19)31-22(16-21(30-31)18-7-5-4-6-8-18)28-25(33)26-14-13-17-9-11-20(34-2)12-10-17/h4-12,16,19,24,27H,3,13-15H2,1-2H3,(H,29,32)(H2,26,28,33). The van der Waals surface area contributed by atoms with Crippen LogP contribution >= 0.6 is 0 Å². The summed E-state index contributed by atoms with van der Waals surface area (Å²) >= 11 is 0. The predicted octanol–water partition coefficient (Wildman–Crippen LogP) is 3.27. The average molecular weight is 463 g/mol. The zero-order valence-corrected chi connectivity index (χ0v) is 19.4. The molecule has 2 atom stereocenters. The lowest BCUT2D eigenvalue weighted by molar-refractivity contribution is -0.125. The molecular formula is C25H30N6O3. The number of aromatic nitrogens is 2. The van der Waals surface area contributed by atoms with Crippen molar-refractivity contribution in [2.45, 2.75) is 38.5 Å². The van der Waals surface area contributed by atoms with E-state index in [1.807, 2.05) is 67.6 Å². The minimum atomic E-state index is -0.557. The molecule has 0 saturated carbocycles. The normalized spacial score (nSPS) is 17.6. The molecule has 2 unspecified atom stereocenters. The molecule has 2 heterocycles. The number of ether oxygens (including phenoxy) is 1. The topological polar surface area (TPSA) is 109 Å². The summed E-state index contributed by atoms with van der Waals surface area (Å²) in [6.45, 7) is 2.50. The molecule has 4 rings (SSSR count). The van der Waals surface area contributed by atoms with Gasteiger partial charge in [0.05, 0.1) is 12.8 Å². The van der Waals surface area contributed by atoms with Gasteiger partial charge in [-0.15, -0.1) is 0 Å². The Kier molecular flexibility index (Phi) is 7.44. The number of amides is 3. The summed E-state index contributed by atoms with van der Waals surface area (Å²) in [7, 11) is 1.63. The Morgan fingerprint density at radius 2 is 1.94 bits per heavy atom. The van der Waals surface area contributed by atoms with Gasteiger partial charge in [0, 0.05) is 30.6 Å². The van der Waals surface area contributed by atoms with Gasteiger partial charge >= 0.3 is 6.03 Å². The lowest BCUT2D eigenvalue weighted by atomic mass is 10.1. The summed E-state index contributed by atoms with van der Waals surface area (Å²) in [6, 6.07) is 18.9. The van der Waals surface area contributed by atoms with E-state index in [9.17, 15) is 9.59 Å². The fourth-order valence-corrected chi connectivity index (χ4v) is 3.86. The van der Waals surface area contributed by atoms with Crippen molar-refractivity contribution in [1.82, 2.24) is 25.7 Å². The first kappa shape index (κ1) is 23.3. The maximum absolute atomic E-state index is 12.7. The van der Waals surface area contributed by atoms with Crippen LogP contribution in [-0.2, 0) is 11.2 Å².